The number of esters is 1. The van der Waals surface area contributed by atoms with Crippen LogP contribution in [0.25, 0.3) is 10.2 Å². The second kappa shape index (κ2) is 10.7. The first-order valence-electron chi connectivity index (χ1n) is 10.6. The molecule has 162 valence electrons. The lowest BCUT2D eigenvalue weighted by atomic mass is 9.99. The number of benzene rings is 3. The zero-order valence-electron chi connectivity index (χ0n) is 17.6. The molecule has 0 radical (unpaired) electrons. The lowest BCUT2D eigenvalue weighted by Crippen LogP contribution is -2.33. The summed E-state index contributed by atoms with van der Waals surface area (Å²) in [7, 11) is 0. The van der Waals surface area contributed by atoms with Crippen LogP contribution in [-0.2, 0) is 20.7 Å². The maximum absolute atomic E-state index is 12.5. The van der Waals surface area contributed by atoms with Crippen molar-refractivity contribution in [1.82, 2.24) is 10.3 Å². The molecule has 1 amide bonds. The number of rotatable bonds is 9. The standard InChI is InChI=1S/C26H24N2O3S/c29-23(28-26(19-10-3-1-4-11-19)20-12-5-2-6-13-20)18-31-25(30)17-9-16-24-27-21-14-7-8-15-22(21)32-24/h1-8,10-15,26H,9,16-18H2,(H,28,29). The van der Waals surface area contributed by atoms with Crippen LogP contribution in [0.4, 0.5) is 0 Å². The number of amides is 1. The summed E-state index contributed by atoms with van der Waals surface area (Å²) < 4.78 is 6.35. The number of hydrogen-bond acceptors (Lipinski definition) is 5. The summed E-state index contributed by atoms with van der Waals surface area (Å²) >= 11 is 1.64. The minimum atomic E-state index is -0.378. The van der Waals surface area contributed by atoms with Crippen LogP contribution in [0, 0.1) is 0 Å². The first-order valence-corrected chi connectivity index (χ1v) is 11.4. The molecule has 0 aliphatic heterocycles. The number of carbonyl (C=O) groups is 2. The second-order valence-electron chi connectivity index (χ2n) is 7.41. The molecule has 0 saturated heterocycles. The summed E-state index contributed by atoms with van der Waals surface area (Å²) in [6.45, 7) is -0.295. The summed E-state index contributed by atoms with van der Waals surface area (Å²) in [6.07, 6.45) is 1.60. The topological polar surface area (TPSA) is 68.3 Å². The van der Waals surface area contributed by atoms with Gasteiger partial charge < -0.3 is 10.1 Å². The molecule has 0 aliphatic rings. The minimum absolute atomic E-state index is 0.254. The van der Waals surface area contributed by atoms with Gasteiger partial charge in [-0.15, -0.1) is 11.3 Å². The predicted molar refractivity (Wildman–Crippen MR) is 126 cm³/mol. The number of nitrogens with zero attached hydrogens (tertiary/aromatic N) is 1. The minimum Gasteiger partial charge on any atom is -0.456 e. The molecule has 0 unspecified atom stereocenters. The van der Waals surface area contributed by atoms with Gasteiger partial charge in [-0.05, 0) is 36.1 Å². The highest BCUT2D eigenvalue weighted by atomic mass is 32.1. The first-order chi connectivity index (χ1) is 15.7. The van der Waals surface area contributed by atoms with Gasteiger partial charge in [-0.3, -0.25) is 9.59 Å². The number of thiazole rings is 1. The molecule has 0 fully saturated rings. The lowest BCUT2D eigenvalue weighted by molar-refractivity contribution is -0.148. The van der Waals surface area contributed by atoms with Gasteiger partial charge in [0.2, 0.25) is 0 Å². The number of aryl methyl sites for hydroxylation is 1. The fourth-order valence-electron chi connectivity index (χ4n) is 3.48. The van der Waals surface area contributed by atoms with Gasteiger partial charge in [-0.2, -0.15) is 0 Å². The molecular formula is C26H24N2O3S. The zero-order chi connectivity index (χ0) is 22.2. The Balaban J connectivity index is 1.26. The summed E-state index contributed by atoms with van der Waals surface area (Å²) in [6, 6.07) is 27.1. The van der Waals surface area contributed by atoms with Gasteiger partial charge in [0.05, 0.1) is 21.3 Å². The molecule has 3 aromatic carbocycles. The number of nitrogens with one attached hydrogen (secondary N) is 1. The maximum Gasteiger partial charge on any atom is 0.306 e. The van der Waals surface area contributed by atoms with E-state index < -0.39 is 0 Å². The fraction of sp³-hybridized carbons (Fsp3) is 0.192. The van der Waals surface area contributed by atoms with E-state index in [0.717, 1.165) is 26.4 Å². The number of ether oxygens (including phenoxy) is 1. The Morgan fingerprint density at radius 3 is 2.16 bits per heavy atom. The van der Waals surface area contributed by atoms with E-state index in [1.807, 2.05) is 84.9 Å². The highest BCUT2D eigenvalue weighted by Crippen LogP contribution is 2.23. The molecule has 1 N–H and O–H groups in total. The molecule has 5 nitrogen and oxygen atoms in total. The van der Waals surface area contributed by atoms with Crippen molar-refractivity contribution in [3.8, 4) is 0 Å². The van der Waals surface area contributed by atoms with Gasteiger partial charge in [0.25, 0.3) is 5.91 Å². The number of aromatic nitrogens is 1. The molecule has 1 aromatic heterocycles. The van der Waals surface area contributed by atoms with Crippen LogP contribution in [0.5, 0.6) is 0 Å². The molecule has 0 aliphatic carbocycles. The Morgan fingerprint density at radius 2 is 1.50 bits per heavy atom. The van der Waals surface area contributed by atoms with E-state index in [-0.39, 0.29) is 30.9 Å². The Hall–Kier alpha value is -3.51. The third kappa shape index (κ3) is 5.80. The van der Waals surface area contributed by atoms with Crippen LogP contribution < -0.4 is 5.32 Å². The average Bonchev–Trinajstić information content (AvgIpc) is 3.25. The van der Waals surface area contributed by atoms with Crippen LogP contribution in [0.3, 0.4) is 0 Å². The third-order valence-corrected chi connectivity index (χ3v) is 6.14. The third-order valence-electron chi connectivity index (χ3n) is 5.05. The van der Waals surface area contributed by atoms with Gasteiger partial charge in [-0.1, -0.05) is 72.8 Å². The summed E-state index contributed by atoms with van der Waals surface area (Å²) in [5, 5.41) is 3.98. The fourth-order valence-corrected chi connectivity index (χ4v) is 4.49. The summed E-state index contributed by atoms with van der Waals surface area (Å²) in [5.74, 6) is -0.709. The maximum atomic E-state index is 12.5. The largest absolute Gasteiger partial charge is 0.456 e. The number of fused-ring (bicyclic) bond motifs is 1. The number of carbonyl (C=O) groups excluding carboxylic acids is 2. The Labute approximate surface area is 191 Å². The van der Waals surface area contributed by atoms with E-state index in [9.17, 15) is 9.59 Å². The quantitative estimate of drug-likeness (QED) is 0.366. The van der Waals surface area contributed by atoms with Crippen molar-refractivity contribution in [2.75, 3.05) is 6.61 Å². The van der Waals surface area contributed by atoms with Crippen molar-refractivity contribution in [2.45, 2.75) is 25.3 Å². The SMILES string of the molecule is O=C(COC(=O)CCCc1nc2ccccc2s1)NC(c1ccccc1)c1ccccc1. The smallest absolute Gasteiger partial charge is 0.306 e. The van der Waals surface area contributed by atoms with Crippen molar-refractivity contribution in [1.29, 1.82) is 0 Å². The normalized spacial score (nSPS) is 10.9. The number of hydrogen-bond donors (Lipinski definition) is 1. The Bertz CT molecular complexity index is 1100. The van der Waals surface area contributed by atoms with E-state index in [4.69, 9.17) is 4.74 Å². The highest BCUT2D eigenvalue weighted by Gasteiger charge is 2.17. The number of para-hydroxylation sites is 1. The molecule has 0 spiro atoms. The van der Waals surface area contributed by atoms with E-state index in [0.29, 0.717) is 12.8 Å². The molecule has 0 bridgehead atoms. The molecule has 4 rings (SSSR count). The van der Waals surface area contributed by atoms with Gasteiger partial charge >= 0.3 is 5.97 Å². The van der Waals surface area contributed by atoms with Crippen molar-refractivity contribution in [3.63, 3.8) is 0 Å². The van der Waals surface area contributed by atoms with Gasteiger partial charge in [0.15, 0.2) is 6.61 Å². The van der Waals surface area contributed by atoms with Crippen LogP contribution in [0.15, 0.2) is 84.9 Å². The van der Waals surface area contributed by atoms with E-state index in [1.165, 1.54) is 0 Å². The van der Waals surface area contributed by atoms with Crippen molar-refractivity contribution < 1.29 is 14.3 Å². The molecule has 4 aromatic rings. The van der Waals surface area contributed by atoms with Crippen molar-refractivity contribution in [2.24, 2.45) is 0 Å². The molecule has 6 heteroatoms. The Kier molecular flexibility index (Phi) is 7.25. The molecular weight excluding hydrogens is 420 g/mol. The second-order valence-corrected chi connectivity index (χ2v) is 8.53. The first kappa shape index (κ1) is 21.7. The molecule has 0 atom stereocenters. The van der Waals surface area contributed by atoms with Crippen LogP contribution in [-0.4, -0.2) is 23.5 Å². The Morgan fingerprint density at radius 1 is 0.875 bits per heavy atom. The van der Waals surface area contributed by atoms with E-state index in [2.05, 4.69) is 10.3 Å². The monoisotopic (exact) mass is 444 g/mol. The van der Waals surface area contributed by atoms with Crippen molar-refractivity contribution >= 4 is 33.4 Å². The molecule has 1 heterocycles. The van der Waals surface area contributed by atoms with Crippen LogP contribution in [0.2, 0.25) is 0 Å². The van der Waals surface area contributed by atoms with Crippen molar-refractivity contribution in [3.05, 3.63) is 101 Å². The summed E-state index contributed by atoms with van der Waals surface area (Å²) in [4.78, 5) is 29.2. The average molecular weight is 445 g/mol. The van der Waals surface area contributed by atoms with Gasteiger partial charge in [0.1, 0.15) is 0 Å². The van der Waals surface area contributed by atoms with Gasteiger partial charge in [0, 0.05) is 6.42 Å². The lowest BCUT2D eigenvalue weighted by Gasteiger charge is -2.20. The van der Waals surface area contributed by atoms with Gasteiger partial charge in [-0.25, -0.2) is 4.98 Å². The van der Waals surface area contributed by atoms with E-state index >= 15 is 0 Å². The van der Waals surface area contributed by atoms with E-state index in [1.54, 1.807) is 11.3 Å². The molecule has 32 heavy (non-hydrogen) atoms. The molecule has 0 saturated carbocycles. The summed E-state index contributed by atoms with van der Waals surface area (Å²) in [5.41, 5.74) is 2.92. The van der Waals surface area contributed by atoms with Crippen LogP contribution >= 0.6 is 11.3 Å². The highest BCUT2D eigenvalue weighted by molar-refractivity contribution is 7.18. The van der Waals surface area contributed by atoms with Crippen LogP contribution in [0.1, 0.15) is 35.0 Å². The predicted octanol–water partition coefficient (Wildman–Crippen LogP) is 5.07. The zero-order valence-corrected chi connectivity index (χ0v) is 18.4.